The van der Waals surface area contributed by atoms with E-state index in [9.17, 15) is 13.0 Å². The maximum atomic E-state index is 9.70. The number of hydrogen-bond acceptors (Lipinski definition) is 3. The molecule has 0 unspecified atom stereocenters. The van der Waals surface area contributed by atoms with E-state index >= 15 is 0 Å². The van der Waals surface area contributed by atoms with E-state index in [0.717, 1.165) is 6.08 Å². The van der Waals surface area contributed by atoms with Crippen molar-refractivity contribution >= 4 is 10.1 Å². The van der Waals surface area contributed by atoms with Crippen LogP contribution in [0.3, 0.4) is 0 Å². The van der Waals surface area contributed by atoms with Gasteiger partial charge < -0.3 is 4.55 Å². The minimum atomic E-state index is -4.19. The first kappa shape index (κ1) is 12.1. The van der Waals surface area contributed by atoms with Gasteiger partial charge in [-0.25, -0.2) is 8.42 Å². The maximum absolute atomic E-state index is 9.70. The molecule has 0 bridgehead atoms. The van der Waals surface area contributed by atoms with E-state index in [2.05, 4.69) is 6.58 Å². The van der Waals surface area contributed by atoms with Crippen LogP contribution in [0.5, 0.6) is 0 Å². The molecule has 0 N–H and O–H groups in total. The number of rotatable bonds is 2. The topological polar surface area (TPSA) is 57.2 Å². The van der Waals surface area contributed by atoms with Crippen molar-refractivity contribution in [3.05, 3.63) is 24.1 Å². The summed E-state index contributed by atoms with van der Waals surface area (Å²) in [6.07, 6.45) is 2.29. The minimum Gasteiger partial charge on any atom is -0.744 e. The Labute approximate surface area is 76.5 Å². The predicted molar refractivity (Wildman–Crippen MR) is 29.0 cm³/mol. The Kier molecular flexibility index (Phi) is 6.99. The van der Waals surface area contributed by atoms with Crippen molar-refractivity contribution < 1.29 is 42.5 Å². The van der Waals surface area contributed by atoms with Gasteiger partial charge >= 0.3 is 29.6 Å². The maximum Gasteiger partial charge on any atom is 1.00 e. The molecule has 0 heterocycles. The molecule has 0 saturated heterocycles. The fourth-order valence-corrected chi connectivity index (χ4v) is 0.455. The molecule has 0 saturated carbocycles. The van der Waals surface area contributed by atoms with Gasteiger partial charge in [0.2, 0.25) is 0 Å². The smallest absolute Gasteiger partial charge is 0.744 e. The van der Waals surface area contributed by atoms with Crippen LogP contribution in [-0.2, 0) is 10.1 Å². The average molecular weight is 156 g/mol. The summed E-state index contributed by atoms with van der Waals surface area (Å²) in [5, 5.41) is 0.542. The largest absolute Gasteiger partial charge is 1.00 e. The Morgan fingerprint density at radius 3 is 2.00 bits per heavy atom. The molecule has 0 rings (SSSR count). The van der Waals surface area contributed by atoms with E-state index < -0.39 is 10.1 Å². The van der Waals surface area contributed by atoms with Crippen LogP contribution in [0.1, 0.15) is 0 Å². The molecule has 0 fully saturated rings. The fraction of sp³-hybridized carbons (Fsp3) is 0. The SMILES string of the molecule is C=CC=CS(=O)(=O)[O-].[Na+]. The summed E-state index contributed by atoms with van der Waals surface area (Å²) in [6, 6.07) is 0. The Hall–Kier alpha value is 0.390. The Morgan fingerprint density at radius 2 is 1.89 bits per heavy atom. The summed E-state index contributed by atoms with van der Waals surface area (Å²) in [5.41, 5.74) is 0. The summed E-state index contributed by atoms with van der Waals surface area (Å²) in [5.74, 6) is 0. The summed E-state index contributed by atoms with van der Waals surface area (Å²) in [4.78, 5) is 0. The van der Waals surface area contributed by atoms with E-state index in [1.165, 1.54) is 6.08 Å². The molecule has 0 aromatic carbocycles. The molecule has 0 amide bonds. The van der Waals surface area contributed by atoms with Crippen LogP contribution in [0.4, 0.5) is 0 Å². The fourth-order valence-electron chi connectivity index (χ4n) is 0.152. The third-order valence-electron chi connectivity index (χ3n) is 0.381. The molecule has 5 heteroatoms. The van der Waals surface area contributed by atoms with E-state index in [-0.39, 0.29) is 29.6 Å². The van der Waals surface area contributed by atoms with Crippen LogP contribution in [0, 0.1) is 0 Å². The first-order valence-corrected chi connectivity index (χ1v) is 3.28. The Bertz CT molecular complexity index is 192. The molecule has 0 aliphatic heterocycles. The normalized spacial score (nSPS) is 10.8. The van der Waals surface area contributed by atoms with Crippen LogP contribution in [0.2, 0.25) is 0 Å². The van der Waals surface area contributed by atoms with Gasteiger partial charge in [0.05, 0.1) is 0 Å². The van der Waals surface area contributed by atoms with Gasteiger partial charge in [-0.2, -0.15) is 0 Å². The molecule has 0 spiro atoms. The molecule has 9 heavy (non-hydrogen) atoms. The molecule has 0 aliphatic rings. The zero-order valence-electron chi connectivity index (χ0n) is 5.07. The van der Waals surface area contributed by atoms with Gasteiger partial charge in [-0.1, -0.05) is 18.7 Å². The van der Waals surface area contributed by atoms with Crippen molar-refractivity contribution in [3.63, 3.8) is 0 Å². The third kappa shape index (κ3) is 11.8. The van der Waals surface area contributed by atoms with E-state index in [4.69, 9.17) is 0 Å². The number of allylic oxidation sites excluding steroid dienone is 2. The van der Waals surface area contributed by atoms with Crippen LogP contribution < -0.4 is 29.6 Å². The summed E-state index contributed by atoms with van der Waals surface area (Å²) in [6.45, 7) is 3.17. The molecule has 0 aromatic rings. The first-order chi connectivity index (χ1) is 3.56. The second-order valence-corrected chi connectivity index (χ2v) is 2.31. The van der Waals surface area contributed by atoms with Gasteiger partial charge in [-0.05, 0) is 0 Å². The Morgan fingerprint density at radius 1 is 1.44 bits per heavy atom. The van der Waals surface area contributed by atoms with Crippen LogP contribution in [-0.4, -0.2) is 13.0 Å². The first-order valence-electron chi connectivity index (χ1n) is 1.81. The van der Waals surface area contributed by atoms with Crippen molar-refractivity contribution in [1.82, 2.24) is 0 Å². The third-order valence-corrected chi connectivity index (χ3v) is 0.872. The molecule has 46 valence electrons. The summed E-state index contributed by atoms with van der Waals surface area (Å²) >= 11 is 0. The van der Waals surface area contributed by atoms with Gasteiger partial charge in [0.25, 0.3) is 0 Å². The Balaban J connectivity index is 0. The van der Waals surface area contributed by atoms with Crippen molar-refractivity contribution in [3.8, 4) is 0 Å². The standard InChI is InChI=1S/C4H6O3S.Na/c1-2-3-4-8(5,6)7;/h2-4H,1H2,(H,5,6,7);/q;+1/p-1. The van der Waals surface area contributed by atoms with E-state index in [0.29, 0.717) is 5.41 Å². The molecule has 0 aliphatic carbocycles. The van der Waals surface area contributed by atoms with Crippen molar-refractivity contribution in [2.75, 3.05) is 0 Å². The van der Waals surface area contributed by atoms with E-state index in [1.54, 1.807) is 0 Å². The van der Waals surface area contributed by atoms with E-state index in [1.807, 2.05) is 0 Å². The monoisotopic (exact) mass is 156 g/mol. The van der Waals surface area contributed by atoms with Crippen molar-refractivity contribution in [2.24, 2.45) is 0 Å². The second kappa shape index (κ2) is 5.20. The molecular weight excluding hydrogens is 151 g/mol. The van der Waals surface area contributed by atoms with Crippen LogP contribution in [0.25, 0.3) is 0 Å². The van der Waals surface area contributed by atoms with Gasteiger partial charge in [0.1, 0.15) is 10.1 Å². The van der Waals surface area contributed by atoms with Crippen molar-refractivity contribution in [1.29, 1.82) is 0 Å². The van der Waals surface area contributed by atoms with Crippen LogP contribution in [0.15, 0.2) is 24.1 Å². The quantitative estimate of drug-likeness (QED) is 0.247. The number of hydrogen-bond donors (Lipinski definition) is 0. The molecular formula is C4H5NaO3S. The minimum absolute atomic E-state index is 0. The zero-order chi connectivity index (χ0) is 6.62. The second-order valence-electron chi connectivity index (χ2n) is 1.06. The van der Waals surface area contributed by atoms with Gasteiger partial charge in [0.15, 0.2) is 0 Å². The summed E-state index contributed by atoms with van der Waals surface area (Å²) < 4.78 is 29.1. The molecule has 0 atom stereocenters. The van der Waals surface area contributed by atoms with Gasteiger partial charge in [-0.15, -0.1) is 0 Å². The van der Waals surface area contributed by atoms with Crippen molar-refractivity contribution in [2.45, 2.75) is 0 Å². The van der Waals surface area contributed by atoms with Gasteiger partial charge in [-0.3, -0.25) is 0 Å². The average Bonchev–Trinajstić information content (AvgIpc) is 1.59. The van der Waals surface area contributed by atoms with Gasteiger partial charge in [0, 0.05) is 5.41 Å². The predicted octanol–water partition coefficient (Wildman–Crippen LogP) is -2.76. The molecule has 3 nitrogen and oxygen atoms in total. The molecule has 0 radical (unpaired) electrons. The molecule has 0 aromatic heterocycles. The zero-order valence-corrected chi connectivity index (χ0v) is 7.89. The summed E-state index contributed by atoms with van der Waals surface area (Å²) in [7, 11) is -4.19. The van der Waals surface area contributed by atoms with Crippen LogP contribution >= 0.6 is 0 Å².